The largest absolute Gasteiger partial charge is 0.337 e. The van der Waals surface area contributed by atoms with Gasteiger partial charge in [-0.1, -0.05) is 18.2 Å². The Hall–Kier alpha value is -1.36. The molecular formula is C18H25ClN4. The Morgan fingerprint density at radius 1 is 1.26 bits per heavy atom. The number of aryl methyl sites for hydroxylation is 3. The van der Waals surface area contributed by atoms with Gasteiger partial charge in [-0.15, -0.1) is 12.4 Å². The van der Waals surface area contributed by atoms with Gasteiger partial charge in [0.1, 0.15) is 5.82 Å². The van der Waals surface area contributed by atoms with E-state index in [9.17, 15) is 0 Å². The number of aromatic nitrogens is 2. The molecule has 0 radical (unpaired) electrons. The summed E-state index contributed by atoms with van der Waals surface area (Å²) in [4.78, 5) is 7.14. The van der Waals surface area contributed by atoms with Gasteiger partial charge in [0.2, 0.25) is 0 Å². The van der Waals surface area contributed by atoms with Gasteiger partial charge in [-0.25, -0.2) is 4.98 Å². The van der Waals surface area contributed by atoms with Crippen molar-refractivity contribution in [3.05, 3.63) is 53.1 Å². The van der Waals surface area contributed by atoms with E-state index in [-0.39, 0.29) is 12.4 Å². The van der Waals surface area contributed by atoms with E-state index >= 15 is 0 Å². The average molecular weight is 333 g/mol. The first kappa shape index (κ1) is 16.5. The number of benzene rings is 1. The van der Waals surface area contributed by atoms with Crippen LogP contribution < -0.4 is 5.32 Å². The SMILES string of the molecule is Cl.Cn1ccnc1C1CNCCN1Cc1ccc2c(c1)CCC2. The van der Waals surface area contributed by atoms with Crippen LogP contribution in [0.3, 0.4) is 0 Å². The molecule has 1 aliphatic carbocycles. The third-order valence-electron chi connectivity index (χ3n) is 5.06. The van der Waals surface area contributed by atoms with Crippen molar-refractivity contribution in [3.8, 4) is 0 Å². The number of imidazole rings is 1. The zero-order chi connectivity index (χ0) is 14.9. The van der Waals surface area contributed by atoms with Crippen LogP contribution in [0.5, 0.6) is 0 Å². The Bertz CT molecular complexity index is 667. The van der Waals surface area contributed by atoms with E-state index in [0.717, 1.165) is 32.0 Å². The summed E-state index contributed by atoms with van der Waals surface area (Å²) in [5.41, 5.74) is 4.58. The normalized spacial score (nSPS) is 21.0. The summed E-state index contributed by atoms with van der Waals surface area (Å²) in [7, 11) is 2.09. The lowest BCUT2D eigenvalue weighted by atomic mass is 10.0. The van der Waals surface area contributed by atoms with E-state index in [1.807, 2.05) is 12.4 Å². The van der Waals surface area contributed by atoms with Crippen LogP contribution in [0.15, 0.2) is 30.6 Å². The molecular weight excluding hydrogens is 308 g/mol. The summed E-state index contributed by atoms with van der Waals surface area (Å²) in [6, 6.07) is 7.46. The second-order valence-corrected chi connectivity index (χ2v) is 6.54. The molecule has 2 aliphatic rings. The Kier molecular flexibility index (Phi) is 5.05. The van der Waals surface area contributed by atoms with E-state index in [1.165, 1.54) is 24.8 Å². The molecule has 1 fully saturated rings. The van der Waals surface area contributed by atoms with Crippen molar-refractivity contribution in [2.45, 2.75) is 31.8 Å². The molecule has 2 heterocycles. The highest BCUT2D eigenvalue weighted by Gasteiger charge is 2.26. The summed E-state index contributed by atoms with van der Waals surface area (Å²) >= 11 is 0. The van der Waals surface area contributed by atoms with Crippen LogP contribution in [0.4, 0.5) is 0 Å². The Morgan fingerprint density at radius 2 is 2.13 bits per heavy atom. The maximum Gasteiger partial charge on any atom is 0.127 e. The fraction of sp³-hybridized carbons (Fsp3) is 0.500. The standard InChI is InChI=1S/C18H24N4.ClH/c1-21-9-8-20-18(21)17-12-19-7-10-22(17)13-14-5-6-15-3-2-4-16(15)11-14;/h5-6,8-9,11,17,19H,2-4,7,10,12-13H2,1H3;1H. The van der Waals surface area contributed by atoms with Crippen molar-refractivity contribution in [3.63, 3.8) is 0 Å². The highest BCUT2D eigenvalue weighted by Crippen LogP contribution is 2.26. The van der Waals surface area contributed by atoms with Crippen LogP contribution in [-0.4, -0.2) is 34.1 Å². The molecule has 124 valence electrons. The number of hydrogen-bond acceptors (Lipinski definition) is 3. The summed E-state index contributed by atoms with van der Waals surface area (Å²) in [5, 5.41) is 3.51. The minimum Gasteiger partial charge on any atom is -0.337 e. The van der Waals surface area contributed by atoms with E-state index in [1.54, 1.807) is 11.1 Å². The fourth-order valence-electron chi connectivity index (χ4n) is 3.85. The average Bonchev–Trinajstić information content (AvgIpc) is 3.16. The third kappa shape index (κ3) is 3.30. The van der Waals surface area contributed by atoms with Crippen LogP contribution >= 0.6 is 12.4 Å². The third-order valence-corrected chi connectivity index (χ3v) is 5.06. The Labute approximate surface area is 144 Å². The van der Waals surface area contributed by atoms with E-state index in [2.05, 4.69) is 45.0 Å². The highest BCUT2D eigenvalue weighted by molar-refractivity contribution is 5.85. The zero-order valence-corrected chi connectivity index (χ0v) is 14.5. The van der Waals surface area contributed by atoms with E-state index in [4.69, 9.17) is 0 Å². The van der Waals surface area contributed by atoms with Gasteiger partial charge in [0.15, 0.2) is 0 Å². The number of piperazine rings is 1. The monoisotopic (exact) mass is 332 g/mol. The van der Waals surface area contributed by atoms with Crippen molar-refractivity contribution in [2.75, 3.05) is 19.6 Å². The topological polar surface area (TPSA) is 33.1 Å². The maximum atomic E-state index is 4.57. The molecule has 1 unspecified atom stereocenters. The smallest absolute Gasteiger partial charge is 0.127 e. The quantitative estimate of drug-likeness (QED) is 0.937. The predicted molar refractivity (Wildman–Crippen MR) is 94.9 cm³/mol. The number of fused-ring (bicyclic) bond motifs is 1. The van der Waals surface area contributed by atoms with Gasteiger partial charge >= 0.3 is 0 Å². The van der Waals surface area contributed by atoms with Gasteiger partial charge in [0.05, 0.1) is 6.04 Å². The van der Waals surface area contributed by atoms with Crippen molar-refractivity contribution in [2.24, 2.45) is 7.05 Å². The van der Waals surface area contributed by atoms with Crippen LogP contribution in [0.25, 0.3) is 0 Å². The molecule has 0 bridgehead atoms. The molecule has 0 saturated carbocycles. The van der Waals surface area contributed by atoms with Gasteiger partial charge in [-0.3, -0.25) is 4.90 Å². The number of nitrogens with zero attached hydrogens (tertiary/aromatic N) is 3. The van der Waals surface area contributed by atoms with Gasteiger partial charge < -0.3 is 9.88 Å². The number of rotatable bonds is 3. The molecule has 1 aromatic heterocycles. The van der Waals surface area contributed by atoms with E-state index in [0.29, 0.717) is 6.04 Å². The minimum atomic E-state index is 0. The summed E-state index contributed by atoms with van der Waals surface area (Å²) in [5.74, 6) is 1.16. The first-order chi connectivity index (χ1) is 10.8. The van der Waals surface area contributed by atoms with Gasteiger partial charge in [0, 0.05) is 45.6 Å². The van der Waals surface area contributed by atoms with Crippen LogP contribution in [0.2, 0.25) is 0 Å². The predicted octanol–water partition coefficient (Wildman–Crippen LogP) is 2.48. The first-order valence-corrected chi connectivity index (χ1v) is 8.34. The molecule has 4 rings (SSSR count). The zero-order valence-electron chi connectivity index (χ0n) is 13.7. The number of hydrogen-bond donors (Lipinski definition) is 1. The second-order valence-electron chi connectivity index (χ2n) is 6.54. The van der Waals surface area contributed by atoms with Gasteiger partial charge in [-0.2, -0.15) is 0 Å². The van der Waals surface area contributed by atoms with Crippen LogP contribution in [0.1, 0.15) is 35.0 Å². The molecule has 2 aromatic rings. The summed E-state index contributed by atoms with van der Waals surface area (Å²) in [6.07, 6.45) is 7.78. The molecule has 4 nitrogen and oxygen atoms in total. The van der Waals surface area contributed by atoms with Crippen LogP contribution in [-0.2, 0) is 26.4 Å². The van der Waals surface area contributed by atoms with Gasteiger partial charge in [-0.05, 0) is 36.0 Å². The Morgan fingerprint density at radius 3 is 2.96 bits per heavy atom. The lowest BCUT2D eigenvalue weighted by Gasteiger charge is -2.35. The molecule has 1 aromatic carbocycles. The molecule has 1 N–H and O–H groups in total. The van der Waals surface area contributed by atoms with Gasteiger partial charge in [0.25, 0.3) is 0 Å². The number of nitrogens with one attached hydrogen (secondary N) is 1. The molecule has 0 amide bonds. The van der Waals surface area contributed by atoms with Crippen molar-refractivity contribution < 1.29 is 0 Å². The molecule has 1 saturated heterocycles. The molecule has 0 spiro atoms. The lowest BCUT2D eigenvalue weighted by molar-refractivity contribution is 0.144. The van der Waals surface area contributed by atoms with Crippen molar-refractivity contribution in [1.82, 2.24) is 19.8 Å². The first-order valence-electron chi connectivity index (χ1n) is 8.34. The maximum absolute atomic E-state index is 4.57. The van der Waals surface area contributed by atoms with Crippen molar-refractivity contribution >= 4 is 12.4 Å². The van der Waals surface area contributed by atoms with E-state index < -0.39 is 0 Å². The highest BCUT2D eigenvalue weighted by atomic mass is 35.5. The lowest BCUT2D eigenvalue weighted by Crippen LogP contribution is -2.46. The fourth-order valence-corrected chi connectivity index (χ4v) is 3.85. The Balaban J connectivity index is 0.00000156. The molecule has 1 aliphatic heterocycles. The molecule has 5 heteroatoms. The second kappa shape index (κ2) is 7.04. The minimum absolute atomic E-state index is 0. The molecule has 23 heavy (non-hydrogen) atoms. The summed E-state index contributed by atoms with van der Waals surface area (Å²) < 4.78 is 2.15. The van der Waals surface area contributed by atoms with Crippen LogP contribution in [0, 0.1) is 0 Å². The summed E-state index contributed by atoms with van der Waals surface area (Å²) in [6.45, 7) is 4.14. The number of halogens is 1. The van der Waals surface area contributed by atoms with Crippen molar-refractivity contribution in [1.29, 1.82) is 0 Å². The molecule has 1 atom stereocenters.